The van der Waals surface area contributed by atoms with E-state index in [4.69, 9.17) is 0 Å². The van der Waals surface area contributed by atoms with Crippen LogP contribution in [0.15, 0.2) is 0 Å². The molecule has 4 nitrogen and oxygen atoms in total. The highest BCUT2D eigenvalue weighted by Crippen LogP contribution is 2.17. The SMILES string of the molecule is COC(=O)C(C)(O)CNC1CCCCCC1. The molecule has 1 fully saturated rings. The molecule has 2 N–H and O–H groups in total. The van der Waals surface area contributed by atoms with Crippen LogP contribution in [0.5, 0.6) is 0 Å². The normalized spacial score (nSPS) is 22.2. The Morgan fingerprint density at radius 2 is 1.94 bits per heavy atom. The van der Waals surface area contributed by atoms with Crippen molar-refractivity contribution >= 4 is 5.97 Å². The smallest absolute Gasteiger partial charge is 0.338 e. The molecule has 4 heteroatoms. The summed E-state index contributed by atoms with van der Waals surface area (Å²) < 4.78 is 4.55. The number of carbonyl (C=O) groups excluding carboxylic acids is 1. The van der Waals surface area contributed by atoms with Crippen LogP contribution in [0.2, 0.25) is 0 Å². The fraction of sp³-hybridized carbons (Fsp3) is 0.917. The molecule has 1 aliphatic rings. The van der Waals surface area contributed by atoms with Gasteiger partial charge in [-0.3, -0.25) is 0 Å². The second kappa shape index (κ2) is 6.21. The summed E-state index contributed by atoms with van der Waals surface area (Å²) in [4.78, 5) is 11.3. The number of esters is 1. The molecule has 0 radical (unpaired) electrons. The predicted molar refractivity (Wildman–Crippen MR) is 62.1 cm³/mol. The molecule has 1 saturated carbocycles. The quantitative estimate of drug-likeness (QED) is 0.562. The molecule has 1 aliphatic carbocycles. The summed E-state index contributed by atoms with van der Waals surface area (Å²) in [6, 6.07) is 0.429. The molecule has 0 aromatic heterocycles. The Labute approximate surface area is 97.4 Å². The van der Waals surface area contributed by atoms with Gasteiger partial charge in [-0.05, 0) is 19.8 Å². The minimum absolute atomic E-state index is 0.268. The lowest BCUT2D eigenvalue weighted by Gasteiger charge is -2.24. The predicted octanol–water partition coefficient (Wildman–Crippen LogP) is 1.22. The number of rotatable bonds is 4. The Hall–Kier alpha value is -0.610. The highest BCUT2D eigenvalue weighted by Gasteiger charge is 2.31. The van der Waals surface area contributed by atoms with Crippen molar-refractivity contribution in [3.63, 3.8) is 0 Å². The van der Waals surface area contributed by atoms with E-state index in [2.05, 4.69) is 10.1 Å². The van der Waals surface area contributed by atoms with Gasteiger partial charge in [0, 0.05) is 12.6 Å². The Balaban J connectivity index is 2.34. The zero-order valence-corrected chi connectivity index (χ0v) is 10.3. The van der Waals surface area contributed by atoms with Gasteiger partial charge in [0.25, 0.3) is 0 Å². The Bertz CT molecular complexity index is 220. The van der Waals surface area contributed by atoms with Gasteiger partial charge in [-0.25, -0.2) is 4.79 Å². The van der Waals surface area contributed by atoms with Gasteiger partial charge in [0.15, 0.2) is 5.60 Å². The first kappa shape index (κ1) is 13.5. The van der Waals surface area contributed by atoms with E-state index < -0.39 is 11.6 Å². The molecule has 0 heterocycles. The maximum atomic E-state index is 11.3. The number of methoxy groups -OCH3 is 1. The lowest BCUT2D eigenvalue weighted by Crippen LogP contribution is -2.48. The van der Waals surface area contributed by atoms with Crippen LogP contribution in [0.1, 0.15) is 45.4 Å². The third kappa shape index (κ3) is 4.10. The molecule has 0 aliphatic heterocycles. The van der Waals surface area contributed by atoms with E-state index in [1.807, 2.05) is 0 Å². The van der Waals surface area contributed by atoms with Gasteiger partial charge in [0.2, 0.25) is 0 Å². The Kier molecular flexibility index (Phi) is 5.22. The highest BCUT2D eigenvalue weighted by atomic mass is 16.5. The van der Waals surface area contributed by atoms with Crippen molar-refractivity contribution in [1.82, 2.24) is 5.32 Å². The van der Waals surface area contributed by atoms with Crippen LogP contribution in [0, 0.1) is 0 Å². The lowest BCUT2D eigenvalue weighted by molar-refractivity contribution is -0.160. The topological polar surface area (TPSA) is 58.6 Å². The maximum Gasteiger partial charge on any atom is 0.338 e. The molecule has 1 atom stereocenters. The zero-order valence-electron chi connectivity index (χ0n) is 10.3. The number of hydrogen-bond acceptors (Lipinski definition) is 4. The van der Waals surface area contributed by atoms with Crippen molar-refractivity contribution in [3.05, 3.63) is 0 Å². The van der Waals surface area contributed by atoms with Crippen molar-refractivity contribution < 1.29 is 14.6 Å². The molecule has 0 spiro atoms. The van der Waals surface area contributed by atoms with E-state index in [0.29, 0.717) is 6.04 Å². The molecule has 0 aromatic rings. The Morgan fingerprint density at radius 3 is 2.44 bits per heavy atom. The van der Waals surface area contributed by atoms with Crippen molar-refractivity contribution in [2.75, 3.05) is 13.7 Å². The molecular formula is C12H23NO3. The van der Waals surface area contributed by atoms with E-state index in [9.17, 15) is 9.90 Å². The van der Waals surface area contributed by atoms with E-state index in [1.165, 1.54) is 39.7 Å². The molecule has 1 rings (SSSR count). The van der Waals surface area contributed by atoms with Crippen LogP contribution in [0.25, 0.3) is 0 Å². The number of nitrogens with one attached hydrogen (secondary N) is 1. The molecule has 0 saturated heterocycles. The third-order valence-corrected chi connectivity index (χ3v) is 3.22. The number of carbonyl (C=O) groups is 1. The molecule has 0 amide bonds. The van der Waals surface area contributed by atoms with Gasteiger partial charge in [-0.15, -0.1) is 0 Å². The van der Waals surface area contributed by atoms with Crippen LogP contribution < -0.4 is 5.32 Å². The Morgan fingerprint density at radius 1 is 1.38 bits per heavy atom. The van der Waals surface area contributed by atoms with Crippen LogP contribution >= 0.6 is 0 Å². The fourth-order valence-electron chi connectivity index (χ4n) is 2.12. The van der Waals surface area contributed by atoms with Crippen LogP contribution in [-0.4, -0.2) is 36.4 Å². The maximum absolute atomic E-state index is 11.3. The first-order valence-corrected chi connectivity index (χ1v) is 6.10. The largest absolute Gasteiger partial charge is 0.467 e. The van der Waals surface area contributed by atoms with Crippen molar-refractivity contribution in [1.29, 1.82) is 0 Å². The summed E-state index contributed by atoms with van der Waals surface area (Å²) in [5.74, 6) is -0.575. The summed E-state index contributed by atoms with van der Waals surface area (Å²) >= 11 is 0. The van der Waals surface area contributed by atoms with Crippen LogP contribution in [0.3, 0.4) is 0 Å². The third-order valence-electron chi connectivity index (χ3n) is 3.22. The van der Waals surface area contributed by atoms with Gasteiger partial charge in [0.05, 0.1) is 7.11 Å². The molecule has 1 unspecified atom stereocenters. The first-order chi connectivity index (χ1) is 7.56. The molecule has 94 valence electrons. The molecule has 16 heavy (non-hydrogen) atoms. The van der Waals surface area contributed by atoms with E-state index >= 15 is 0 Å². The van der Waals surface area contributed by atoms with Gasteiger partial charge in [0.1, 0.15) is 0 Å². The molecule has 0 bridgehead atoms. The van der Waals surface area contributed by atoms with E-state index in [0.717, 1.165) is 12.8 Å². The first-order valence-electron chi connectivity index (χ1n) is 6.10. The summed E-state index contributed by atoms with van der Waals surface area (Å²) in [6.45, 7) is 1.76. The average Bonchev–Trinajstić information content (AvgIpc) is 2.53. The van der Waals surface area contributed by atoms with Gasteiger partial charge in [-0.1, -0.05) is 25.7 Å². The highest BCUT2D eigenvalue weighted by molar-refractivity contribution is 5.78. The number of hydrogen-bond donors (Lipinski definition) is 2. The average molecular weight is 229 g/mol. The number of ether oxygens (including phenoxy) is 1. The fourth-order valence-corrected chi connectivity index (χ4v) is 2.12. The van der Waals surface area contributed by atoms with Gasteiger partial charge < -0.3 is 15.2 Å². The number of aliphatic hydroxyl groups is 1. The van der Waals surface area contributed by atoms with Gasteiger partial charge in [-0.2, -0.15) is 0 Å². The van der Waals surface area contributed by atoms with E-state index in [-0.39, 0.29) is 6.54 Å². The van der Waals surface area contributed by atoms with Crippen molar-refractivity contribution in [2.45, 2.75) is 57.1 Å². The van der Waals surface area contributed by atoms with Crippen LogP contribution in [-0.2, 0) is 9.53 Å². The zero-order chi connectivity index (χ0) is 12.0. The monoisotopic (exact) mass is 229 g/mol. The second-order valence-electron chi connectivity index (χ2n) is 4.83. The molecule has 0 aromatic carbocycles. The van der Waals surface area contributed by atoms with E-state index in [1.54, 1.807) is 0 Å². The molecular weight excluding hydrogens is 206 g/mol. The summed E-state index contributed by atoms with van der Waals surface area (Å²) in [7, 11) is 1.29. The summed E-state index contributed by atoms with van der Waals surface area (Å²) in [5, 5.41) is 13.1. The van der Waals surface area contributed by atoms with Crippen molar-refractivity contribution in [2.24, 2.45) is 0 Å². The van der Waals surface area contributed by atoms with Crippen LogP contribution in [0.4, 0.5) is 0 Å². The minimum atomic E-state index is -1.42. The van der Waals surface area contributed by atoms with Gasteiger partial charge >= 0.3 is 5.97 Å². The lowest BCUT2D eigenvalue weighted by atomic mass is 10.0. The van der Waals surface area contributed by atoms with Crippen molar-refractivity contribution in [3.8, 4) is 0 Å². The summed E-state index contributed by atoms with van der Waals surface area (Å²) in [5.41, 5.74) is -1.42. The standard InChI is InChI=1S/C12H23NO3/c1-12(15,11(14)16-2)9-13-10-7-5-3-4-6-8-10/h10,13,15H,3-9H2,1-2H3. The summed E-state index contributed by atoms with van der Waals surface area (Å²) in [6.07, 6.45) is 7.34. The second-order valence-corrected chi connectivity index (χ2v) is 4.83. The minimum Gasteiger partial charge on any atom is -0.467 e.